The number of hydrogen-bond donors (Lipinski definition) is 1. The van der Waals surface area contributed by atoms with Crippen molar-refractivity contribution in [1.29, 1.82) is 0 Å². The first kappa shape index (κ1) is 32.8. The third kappa shape index (κ3) is 4.36. The fourth-order valence-corrected chi connectivity index (χ4v) is 16.6. The zero-order valence-corrected chi connectivity index (χ0v) is 33.6. The van der Waals surface area contributed by atoms with Crippen molar-refractivity contribution in [3.8, 4) is 27.9 Å². The molecule has 0 saturated heterocycles. The fourth-order valence-electron chi connectivity index (χ4n) is 10.5. The molecule has 0 saturated carbocycles. The summed E-state index contributed by atoms with van der Waals surface area (Å²) in [5.74, 6) is 1.61. The van der Waals surface area contributed by atoms with Crippen molar-refractivity contribution in [3.63, 3.8) is 0 Å². The molecule has 278 valence electrons. The first-order valence-corrected chi connectivity index (χ1v) is 22.9. The smallest absolute Gasteiger partial charge is 0.160 e. The number of aliphatic imine (C=N–C) groups is 2. The summed E-state index contributed by atoms with van der Waals surface area (Å²) < 4.78 is 5.42. The van der Waals surface area contributed by atoms with E-state index in [2.05, 4.69) is 175 Å². The normalized spacial score (nSPS) is 21.7. The fraction of sp³-hybridized carbons (Fsp3) is 0.115. The van der Waals surface area contributed by atoms with E-state index in [0.29, 0.717) is 5.25 Å². The molecular weight excluding hydrogens is 745 g/mol. The third-order valence-corrected chi connectivity index (χ3v) is 18.6. The average molecular weight is 783 g/mol. The minimum absolute atomic E-state index is 0.277. The van der Waals surface area contributed by atoms with Crippen molar-refractivity contribution in [2.24, 2.45) is 9.98 Å². The molecule has 1 spiro atoms. The van der Waals surface area contributed by atoms with E-state index < -0.39 is 10.0 Å². The topological polar surface area (TPSA) is 41.7 Å². The van der Waals surface area contributed by atoms with Crippen molar-refractivity contribution in [1.82, 2.24) is 9.88 Å². The van der Waals surface area contributed by atoms with Crippen LogP contribution in [0.3, 0.4) is 0 Å². The summed E-state index contributed by atoms with van der Waals surface area (Å²) in [6.45, 7) is 2.53. The van der Waals surface area contributed by atoms with Crippen molar-refractivity contribution >= 4 is 65.4 Å². The molecule has 3 unspecified atom stereocenters. The lowest BCUT2D eigenvalue weighted by Gasteiger charge is -2.44. The number of hydrogen-bond acceptors (Lipinski definition) is 4. The van der Waals surface area contributed by atoms with Gasteiger partial charge in [0.25, 0.3) is 0 Å². The number of amidine groups is 2. The highest BCUT2D eigenvalue weighted by molar-refractivity contribution is 8.34. The summed E-state index contributed by atoms with van der Waals surface area (Å²) >= 11 is 1.91. The van der Waals surface area contributed by atoms with Crippen molar-refractivity contribution < 1.29 is 0 Å². The van der Waals surface area contributed by atoms with Gasteiger partial charge in [-0.3, -0.25) is 0 Å². The van der Waals surface area contributed by atoms with Gasteiger partial charge in [0.2, 0.25) is 0 Å². The van der Waals surface area contributed by atoms with Crippen LogP contribution < -0.4 is 5.32 Å². The van der Waals surface area contributed by atoms with Gasteiger partial charge in [-0.05, 0) is 77.9 Å². The molecule has 6 aromatic carbocycles. The molecule has 4 bridgehead atoms. The molecular formula is C52H38N4S2. The Morgan fingerprint density at radius 1 is 0.707 bits per heavy atom. The summed E-state index contributed by atoms with van der Waals surface area (Å²) in [6.07, 6.45) is 12.5. The Labute approximate surface area is 343 Å². The predicted octanol–water partition coefficient (Wildman–Crippen LogP) is 13.3. The number of benzene rings is 6. The molecule has 6 heteroatoms. The maximum absolute atomic E-state index is 5.47. The lowest BCUT2D eigenvalue weighted by molar-refractivity contribution is 0.674. The molecule has 3 atom stereocenters. The van der Waals surface area contributed by atoms with Crippen LogP contribution in [0.25, 0.3) is 60.3 Å². The maximum Gasteiger partial charge on any atom is 0.160 e. The Bertz CT molecular complexity index is 3200. The molecule has 2 aromatic heterocycles. The first-order valence-electron chi connectivity index (χ1n) is 20.4. The van der Waals surface area contributed by atoms with Gasteiger partial charge in [-0.1, -0.05) is 128 Å². The summed E-state index contributed by atoms with van der Waals surface area (Å²) in [5, 5.41) is 8.22. The standard InChI is InChI=1S/C52H38N4S2/c1-31-13-10-20-38-37-18-8-9-22-42(37)56-35-26-28-43-41(30-35)47-36(19-11-23-44(47)57-43)34-25-27-39-46(29-34)58(31,52(38)56)45-24-12-21-40(48(39)45)51-54-49(32-14-4-2-5-15-32)53-50(55-51)33-16-6-3-7-17-33/h2-8,10-12,14-21,23-31,49H,9,13,22H2,1H3,(H,53,54,55). The molecule has 4 aliphatic heterocycles. The molecule has 5 aliphatic rings. The zero-order valence-electron chi connectivity index (χ0n) is 31.9. The summed E-state index contributed by atoms with van der Waals surface area (Å²) in [5.41, 5.74) is 13.9. The highest BCUT2D eigenvalue weighted by atomic mass is 32.3. The quantitative estimate of drug-likeness (QED) is 0.191. The van der Waals surface area contributed by atoms with E-state index in [1.807, 2.05) is 11.3 Å². The Morgan fingerprint density at radius 3 is 2.43 bits per heavy atom. The van der Waals surface area contributed by atoms with Crippen LogP contribution in [-0.2, 0) is 6.42 Å². The molecule has 4 nitrogen and oxygen atoms in total. The van der Waals surface area contributed by atoms with E-state index in [9.17, 15) is 0 Å². The maximum atomic E-state index is 5.47. The van der Waals surface area contributed by atoms with Gasteiger partial charge in [0.15, 0.2) is 5.84 Å². The van der Waals surface area contributed by atoms with Gasteiger partial charge in [0, 0.05) is 74.4 Å². The Kier molecular flexibility index (Phi) is 6.88. The van der Waals surface area contributed by atoms with E-state index in [-0.39, 0.29) is 6.17 Å². The van der Waals surface area contributed by atoms with Crippen LogP contribution in [0.1, 0.15) is 59.4 Å². The Morgan fingerprint density at radius 2 is 1.53 bits per heavy atom. The van der Waals surface area contributed by atoms with Crippen LogP contribution in [0.4, 0.5) is 0 Å². The first-order chi connectivity index (χ1) is 28.7. The van der Waals surface area contributed by atoms with Gasteiger partial charge in [0.1, 0.15) is 12.0 Å². The average Bonchev–Trinajstić information content (AvgIpc) is 3.88. The van der Waals surface area contributed by atoms with Gasteiger partial charge in [0.05, 0.1) is 5.03 Å². The van der Waals surface area contributed by atoms with E-state index in [4.69, 9.17) is 9.98 Å². The molecule has 0 radical (unpaired) electrons. The number of rotatable bonds is 3. The van der Waals surface area contributed by atoms with Gasteiger partial charge in [-0.15, -0.1) is 21.4 Å². The zero-order chi connectivity index (χ0) is 38.1. The van der Waals surface area contributed by atoms with Crippen LogP contribution in [-0.4, -0.2) is 21.5 Å². The number of fused-ring (bicyclic) bond motifs is 9. The Balaban J connectivity index is 1.17. The second-order valence-electron chi connectivity index (χ2n) is 16.1. The highest BCUT2D eigenvalue weighted by Crippen LogP contribution is 2.81. The molecule has 0 fully saturated rings. The van der Waals surface area contributed by atoms with Gasteiger partial charge < -0.3 is 9.88 Å². The van der Waals surface area contributed by atoms with Gasteiger partial charge in [-0.2, -0.15) is 0 Å². The third-order valence-electron chi connectivity index (χ3n) is 13.0. The number of thiophene rings is 1. The predicted molar refractivity (Wildman–Crippen MR) is 244 cm³/mol. The molecule has 1 aliphatic carbocycles. The van der Waals surface area contributed by atoms with Crippen LogP contribution >= 0.6 is 21.4 Å². The minimum Gasteiger partial charge on any atom is -0.344 e. The van der Waals surface area contributed by atoms with E-state index in [1.54, 1.807) is 0 Å². The molecule has 1 N–H and O–H groups in total. The summed E-state index contributed by atoms with van der Waals surface area (Å²) in [6, 6.07) is 49.7. The molecule has 58 heavy (non-hydrogen) atoms. The van der Waals surface area contributed by atoms with Crippen LogP contribution in [0, 0.1) is 0 Å². The van der Waals surface area contributed by atoms with Crippen molar-refractivity contribution in [2.45, 2.75) is 52.4 Å². The van der Waals surface area contributed by atoms with Crippen molar-refractivity contribution in [2.75, 3.05) is 0 Å². The SMILES string of the molecule is CC1CC=Cc2c3c(n4c2S12c1cc(ccc1-c1c(C5=NC(c6ccccc6)NC(c6ccccc6)=N5)cccc12)-c1cccc2sc5ccc-4cc5c12)CCC=C3. The monoisotopic (exact) mass is 782 g/mol. The molecule has 13 rings (SSSR count). The van der Waals surface area contributed by atoms with Crippen molar-refractivity contribution in [3.05, 3.63) is 179 Å². The van der Waals surface area contributed by atoms with Gasteiger partial charge in [-0.25, -0.2) is 9.98 Å². The molecule has 6 heterocycles. The van der Waals surface area contributed by atoms with Crippen LogP contribution in [0.5, 0.6) is 0 Å². The molecule has 8 aromatic rings. The second kappa shape index (κ2) is 12.2. The van der Waals surface area contributed by atoms with E-state index in [1.165, 1.54) is 79.8 Å². The number of nitrogens with zero attached hydrogens (tertiary/aromatic N) is 3. The van der Waals surface area contributed by atoms with Gasteiger partial charge >= 0.3 is 0 Å². The lowest BCUT2D eigenvalue weighted by Crippen LogP contribution is -2.33. The number of nitrogens with one attached hydrogen (secondary N) is 1. The summed E-state index contributed by atoms with van der Waals surface area (Å²) in [4.78, 5) is 13.8. The molecule has 0 amide bonds. The van der Waals surface area contributed by atoms with Crippen LogP contribution in [0.15, 0.2) is 170 Å². The number of aromatic nitrogens is 1. The Hall–Kier alpha value is -6.21. The number of allylic oxidation sites excluding steroid dienone is 2. The van der Waals surface area contributed by atoms with E-state index >= 15 is 0 Å². The second-order valence-corrected chi connectivity index (χ2v) is 20.5. The lowest BCUT2D eigenvalue weighted by atomic mass is 9.94. The highest BCUT2D eigenvalue weighted by Gasteiger charge is 2.50. The minimum atomic E-state index is -1.89. The summed E-state index contributed by atoms with van der Waals surface area (Å²) in [7, 11) is -1.89. The van der Waals surface area contributed by atoms with E-state index in [0.717, 1.165) is 47.6 Å². The van der Waals surface area contributed by atoms with Crippen LogP contribution in [0.2, 0.25) is 0 Å². The largest absolute Gasteiger partial charge is 0.344 e.